The molecule has 1 unspecified atom stereocenters. The van der Waals surface area contributed by atoms with Crippen LogP contribution in [-0.4, -0.2) is 28.6 Å². The Morgan fingerprint density at radius 3 is 2.34 bits per heavy atom. The van der Waals surface area contributed by atoms with Crippen LogP contribution >= 0.6 is 11.3 Å². The summed E-state index contributed by atoms with van der Waals surface area (Å²) in [6.07, 6.45) is 0.136. The third kappa shape index (κ3) is 3.74. The molecule has 2 amide bonds. The number of para-hydroxylation sites is 2. The average Bonchev–Trinajstić information content (AvgIpc) is 3.37. The fourth-order valence-corrected chi connectivity index (χ4v) is 3.96. The number of nitrogens with zero attached hydrogens (tertiary/aromatic N) is 4. The number of primary amides is 1. The smallest absolute Gasteiger partial charge is 0.280 e. The summed E-state index contributed by atoms with van der Waals surface area (Å²) in [5.74, 6) is -0.855. The number of carbonyl (C=O) groups is 2. The van der Waals surface area contributed by atoms with Gasteiger partial charge in [0.2, 0.25) is 5.91 Å². The molecular weight excluding hydrogens is 386 g/mol. The third-order valence-electron chi connectivity index (χ3n) is 4.52. The minimum Gasteiger partial charge on any atom is -0.368 e. The predicted octanol–water partition coefficient (Wildman–Crippen LogP) is 3.24. The van der Waals surface area contributed by atoms with Crippen molar-refractivity contribution in [3.63, 3.8) is 0 Å². The minimum atomic E-state index is -0.716. The maximum atomic E-state index is 13.5. The second-order valence-corrected chi connectivity index (χ2v) is 7.43. The van der Waals surface area contributed by atoms with Crippen LogP contribution in [0, 0.1) is 6.92 Å². The molecule has 0 saturated heterocycles. The maximum Gasteiger partial charge on any atom is 0.280 e. The second-order valence-electron chi connectivity index (χ2n) is 6.60. The summed E-state index contributed by atoms with van der Waals surface area (Å²) in [6, 6.07) is 17.8. The summed E-state index contributed by atoms with van der Waals surface area (Å²) >= 11 is 1.38. The number of rotatable bonds is 5. The molecule has 2 heterocycles. The number of hydrogen-bond acceptors (Lipinski definition) is 6. The van der Waals surface area contributed by atoms with E-state index in [1.807, 2.05) is 73.0 Å². The number of anilines is 3. The normalized spacial score (nSPS) is 15.8. The lowest BCUT2D eigenvalue weighted by Gasteiger charge is -2.20. The molecule has 29 heavy (non-hydrogen) atoms. The van der Waals surface area contributed by atoms with Gasteiger partial charge in [0.15, 0.2) is 5.13 Å². The van der Waals surface area contributed by atoms with Gasteiger partial charge in [-0.25, -0.2) is 4.98 Å². The zero-order chi connectivity index (χ0) is 20.4. The first-order valence-corrected chi connectivity index (χ1v) is 9.95. The van der Waals surface area contributed by atoms with Gasteiger partial charge in [-0.1, -0.05) is 36.4 Å². The highest BCUT2D eigenvalue weighted by atomic mass is 32.1. The molecule has 3 aromatic rings. The van der Waals surface area contributed by atoms with Crippen molar-refractivity contribution >= 4 is 45.4 Å². The zero-order valence-electron chi connectivity index (χ0n) is 15.7. The molecule has 1 aliphatic rings. The molecule has 0 spiro atoms. The van der Waals surface area contributed by atoms with Crippen LogP contribution in [0.3, 0.4) is 0 Å². The Morgan fingerprint density at radius 2 is 1.76 bits per heavy atom. The zero-order valence-corrected chi connectivity index (χ0v) is 16.5. The van der Waals surface area contributed by atoms with E-state index in [1.54, 1.807) is 0 Å². The highest BCUT2D eigenvalue weighted by molar-refractivity contribution is 7.14. The molecule has 4 rings (SSSR count). The number of hydrogen-bond donors (Lipinski definition) is 1. The monoisotopic (exact) mass is 405 g/mol. The largest absolute Gasteiger partial charge is 0.368 e. The number of thiazole rings is 1. The number of carbonyl (C=O) groups excluding carboxylic acids is 2. The van der Waals surface area contributed by atoms with E-state index in [0.717, 1.165) is 5.69 Å². The van der Waals surface area contributed by atoms with E-state index in [1.165, 1.54) is 21.2 Å². The van der Waals surface area contributed by atoms with E-state index in [4.69, 9.17) is 5.73 Å². The number of hydrazone groups is 1. The van der Waals surface area contributed by atoms with Gasteiger partial charge >= 0.3 is 0 Å². The fourth-order valence-electron chi connectivity index (χ4n) is 3.14. The van der Waals surface area contributed by atoms with Crippen LogP contribution in [0.1, 0.15) is 12.1 Å². The standard InChI is InChI=1S/C21H19N5O2S/c1-14-13-29-21(23-14)25(15-8-4-2-5-9-15)20(28)17-12-18(19(22)27)26(24-17)16-10-6-3-7-11-16/h2-11,13,18H,12H2,1H3,(H2,22,27). The molecule has 0 fully saturated rings. The van der Waals surface area contributed by atoms with Gasteiger partial charge in [0.05, 0.1) is 17.1 Å². The van der Waals surface area contributed by atoms with E-state index < -0.39 is 11.9 Å². The summed E-state index contributed by atoms with van der Waals surface area (Å²) in [5, 5.41) is 8.43. The van der Waals surface area contributed by atoms with Crippen molar-refractivity contribution in [2.45, 2.75) is 19.4 Å². The Balaban J connectivity index is 1.73. The van der Waals surface area contributed by atoms with Crippen LogP contribution in [0.25, 0.3) is 0 Å². The van der Waals surface area contributed by atoms with Crippen LogP contribution in [0.4, 0.5) is 16.5 Å². The predicted molar refractivity (Wildman–Crippen MR) is 114 cm³/mol. The highest BCUT2D eigenvalue weighted by Crippen LogP contribution is 2.31. The number of benzene rings is 2. The average molecular weight is 405 g/mol. The van der Waals surface area contributed by atoms with Gasteiger partial charge in [-0.2, -0.15) is 5.10 Å². The number of nitrogens with two attached hydrogens (primary N) is 1. The molecule has 2 N–H and O–H groups in total. The van der Waals surface area contributed by atoms with Crippen molar-refractivity contribution in [2.24, 2.45) is 10.8 Å². The number of aromatic nitrogens is 1. The molecule has 1 atom stereocenters. The first-order chi connectivity index (χ1) is 14.0. The van der Waals surface area contributed by atoms with Crippen molar-refractivity contribution in [3.8, 4) is 0 Å². The van der Waals surface area contributed by atoms with E-state index >= 15 is 0 Å². The van der Waals surface area contributed by atoms with Gasteiger partial charge in [-0.05, 0) is 31.2 Å². The Labute approximate surface area is 172 Å². The number of amides is 2. The maximum absolute atomic E-state index is 13.5. The van der Waals surface area contributed by atoms with Crippen LogP contribution in [0.5, 0.6) is 0 Å². The Hall–Kier alpha value is -3.52. The topological polar surface area (TPSA) is 91.9 Å². The lowest BCUT2D eigenvalue weighted by atomic mass is 10.1. The Bertz CT molecular complexity index is 1060. The molecule has 7 nitrogen and oxygen atoms in total. The Kier molecular flexibility index (Phi) is 5.09. The Morgan fingerprint density at radius 1 is 1.10 bits per heavy atom. The molecule has 0 bridgehead atoms. The van der Waals surface area contributed by atoms with Gasteiger partial charge < -0.3 is 5.73 Å². The molecular formula is C21H19N5O2S. The van der Waals surface area contributed by atoms with E-state index in [9.17, 15) is 9.59 Å². The molecule has 1 aromatic heterocycles. The molecule has 8 heteroatoms. The fraction of sp³-hybridized carbons (Fsp3) is 0.143. The highest BCUT2D eigenvalue weighted by Gasteiger charge is 2.37. The minimum absolute atomic E-state index is 0.136. The lowest BCUT2D eigenvalue weighted by Crippen LogP contribution is -2.40. The van der Waals surface area contributed by atoms with Crippen LogP contribution in [-0.2, 0) is 9.59 Å². The quantitative estimate of drug-likeness (QED) is 0.705. The van der Waals surface area contributed by atoms with Gasteiger partial charge in [-0.3, -0.25) is 19.5 Å². The van der Waals surface area contributed by atoms with Crippen molar-refractivity contribution in [1.29, 1.82) is 0 Å². The van der Waals surface area contributed by atoms with Crippen LogP contribution < -0.4 is 15.6 Å². The van der Waals surface area contributed by atoms with Crippen molar-refractivity contribution in [1.82, 2.24) is 4.98 Å². The molecule has 1 aliphatic heterocycles. The van der Waals surface area contributed by atoms with Gasteiger partial charge in [0.25, 0.3) is 5.91 Å². The lowest BCUT2D eigenvalue weighted by molar-refractivity contribution is -0.119. The summed E-state index contributed by atoms with van der Waals surface area (Å²) in [7, 11) is 0. The summed E-state index contributed by atoms with van der Waals surface area (Å²) < 4.78 is 0. The van der Waals surface area contributed by atoms with E-state index in [2.05, 4.69) is 10.1 Å². The van der Waals surface area contributed by atoms with Crippen molar-refractivity contribution in [2.75, 3.05) is 9.91 Å². The molecule has 0 radical (unpaired) electrons. The summed E-state index contributed by atoms with van der Waals surface area (Å²) in [6.45, 7) is 1.88. The van der Waals surface area contributed by atoms with Gasteiger partial charge in [0.1, 0.15) is 11.8 Å². The van der Waals surface area contributed by atoms with Crippen LogP contribution in [0.2, 0.25) is 0 Å². The first kappa shape index (κ1) is 18.8. The number of aryl methyl sites for hydroxylation is 1. The summed E-state index contributed by atoms with van der Waals surface area (Å²) in [4.78, 5) is 31.5. The van der Waals surface area contributed by atoms with Crippen molar-refractivity contribution < 1.29 is 9.59 Å². The SMILES string of the molecule is Cc1csc(N(C(=O)C2=NN(c3ccccc3)C(C(N)=O)C2)c2ccccc2)n1. The first-order valence-electron chi connectivity index (χ1n) is 9.07. The third-order valence-corrected chi connectivity index (χ3v) is 5.47. The second kappa shape index (κ2) is 7.84. The molecule has 2 aromatic carbocycles. The molecule has 146 valence electrons. The van der Waals surface area contributed by atoms with E-state index in [-0.39, 0.29) is 18.0 Å². The van der Waals surface area contributed by atoms with Gasteiger partial charge in [-0.15, -0.1) is 11.3 Å². The summed E-state index contributed by atoms with van der Waals surface area (Å²) in [5.41, 5.74) is 8.07. The molecule has 0 aliphatic carbocycles. The van der Waals surface area contributed by atoms with Crippen molar-refractivity contribution in [3.05, 3.63) is 71.7 Å². The molecule has 0 saturated carbocycles. The van der Waals surface area contributed by atoms with Crippen LogP contribution in [0.15, 0.2) is 71.1 Å². The van der Waals surface area contributed by atoms with E-state index in [0.29, 0.717) is 16.5 Å². The van der Waals surface area contributed by atoms with Gasteiger partial charge in [0, 0.05) is 11.8 Å².